The first-order valence-corrected chi connectivity index (χ1v) is 7.13. The molecule has 0 amide bonds. The van der Waals surface area contributed by atoms with Gasteiger partial charge < -0.3 is 10.6 Å². The minimum Gasteiger partial charge on any atom is -0.351 e. The van der Waals surface area contributed by atoms with Gasteiger partial charge in [0.25, 0.3) is 0 Å². The van der Waals surface area contributed by atoms with Crippen molar-refractivity contribution in [3.63, 3.8) is 0 Å². The maximum absolute atomic E-state index is 5.81. The average Bonchev–Trinajstić information content (AvgIpc) is 2.69. The van der Waals surface area contributed by atoms with Crippen LogP contribution < -0.4 is 10.6 Å². The van der Waals surface area contributed by atoms with Crippen molar-refractivity contribution >= 4 is 16.5 Å². The molecule has 0 saturated heterocycles. The number of aromatic nitrogens is 1. The number of unbranched alkanes of at least 4 members (excludes halogenated alkanes) is 1. The van der Waals surface area contributed by atoms with Gasteiger partial charge >= 0.3 is 0 Å². The summed E-state index contributed by atoms with van der Waals surface area (Å²) in [6.07, 6.45) is 2.42. The van der Waals surface area contributed by atoms with E-state index in [0.717, 1.165) is 17.4 Å². The fourth-order valence-electron chi connectivity index (χ4n) is 1.72. The van der Waals surface area contributed by atoms with Crippen molar-refractivity contribution in [3.8, 4) is 0 Å². The van der Waals surface area contributed by atoms with Crippen LogP contribution in [0.25, 0.3) is 0 Å². The van der Waals surface area contributed by atoms with Crippen molar-refractivity contribution < 1.29 is 0 Å². The lowest BCUT2D eigenvalue weighted by atomic mass is 9.91. The first-order valence-electron chi connectivity index (χ1n) is 6.31. The molecule has 98 valence electrons. The fraction of sp³-hybridized carbons (Fsp3) is 0.769. The Morgan fingerprint density at radius 3 is 2.41 bits per heavy atom. The van der Waals surface area contributed by atoms with Crippen LogP contribution in [0.1, 0.15) is 51.1 Å². The standard InChI is InChI=1S/C13H25N3S/c1-6-7-8-16(5)12-15-11(13(2,3)4)10(9-14)17-12/h6-9,14H2,1-5H3. The number of thiazole rings is 1. The van der Waals surface area contributed by atoms with Gasteiger partial charge in [-0.15, -0.1) is 11.3 Å². The third-order valence-corrected chi connectivity index (χ3v) is 3.95. The van der Waals surface area contributed by atoms with Crippen molar-refractivity contribution in [2.45, 2.75) is 52.5 Å². The molecule has 1 heterocycles. The van der Waals surface area contributed by atoms with E-state index in [4.69, 9.17) is 10.7 Å². The topological polar surface area (TPSA) is 42.2 Å². The molecule has 0 atom stereocenters. The van der Waals surface area contributed by atoms with Gasteiger partial charge in [-0.2, -0.15) is 0 Å². The molecule has 2 N–H and O–H groups in total. The van der Waals surface area contributed by atoms with E-state index in [1.54, 1.807) is 11.3 Å². The highest BCUT2D eigenvalue weighted by Crippen LogP contribution is 2.33. The van der Waals surface area contributed by atoms with Crippen LogP contribution in [-0.4, -0.2) is 18.6 Å². The molecule has 4 heteroatoms. The quantitative estimate of drug-likeness (QED) is 0.879. The molecular formula is C13H25N3S. The number of hydrogen-bond donors (Lipinski definition) is 1. The summed E-state index contributed by atoms with van der Waals surface area (Å²) in [5.74, 6) is 0. The monoisotopic (exact) mass is 255 g/mol. The van der Waals surface area contributed by atoms with Gasteiger partial charge in [-0.25, -0.2) is 4.98 Å². The lowest BCUT2D eigenvalue weighted by molar-refractivity contribution is 0.566. The summed E-state index contributed by atoms with van der Waals surface area (Å²) >= 11 is 1.73. The van der Waals surface area contributed by atoms with E-state index in [1.165, 1.54) is 17.7 Å². The zero-order valence-electron chi connectivity index (χ0n) is 11.7. The second kappa shape index (κ2) is 5.83. The second-order valence-electron chi connectivity index (χ2n) is 5.50. The molecule has 0 radical (unpaired) electrons. The van der Waals surface area contributed by atoms with Gasteiger partial charge in [-0.1, -0.05) is 34.1 Å². The van der Waals surface area contributed by atoms with Crippen LogP contribution >= 0.6 is 11.3 Å². The summed E-state index contributed by atoms with van der Waals surface area (Å²) in [6, 6.07) is 0. The van der Waals surface area contributed by atoms with E-state index in [2.05, 4.69) is 39.6 Å². The highest BCUT2D eigenvalue weighted by Gasteiger charge is 2.23. The number of nitrogens with zero attached hydrogens (tertiary/aromatic N) is 2. The molecule has 0 fully saturated rings. The molecule has 0 aromatic carbocycles. The van der Waals surface area contributed by atoms with Crippen molar-refractivity contribution in [2.24, 2.45) is 5.73 Å². The Bertz CT molecular complexity index is 352. The Morgan fingerprint density at radius 2 is 2.00 bits per heavy atom. The van der Waals surface area contributed by atoms with Crippen LogP contribution in [0.2, 0.25) is 0 Å². The molecule has 0 aliphatic rings. The van der Waals surface area contributed by atoms with Gasteiger partial charge in [0.1, 0.15) is 0 Å². The highest BCUT2D eigenvalue weighted by atomic mass is 32.1. The van der Waals surface area contributed by atoms with Crippen molar-refractivity contribution in [1.82, 2.24) is 4.98 Å². The van der Waals surface area contributed by atoms with Gasteiger partial charge in [-0.3, -0.25) is 0 Å². The maximum atomic E-state index is 5.81. The third kappa shape index (κ3) is 3.68. The normalized spacial score (nSPS) is 11.9. The van der Waals surface area contributed by atoms with Crippen molar-refractivity contribution in [2.75, 3.05) is 18.5 Å². The summed E-state index contributed by atoms with van der Waals surface area (Å²) in [5, 5.41) is 1.10. The molecule has 0 spiro atoms. The molecular weight excluding hydrogens is 230 g/mol. The Hall–Kier alpha value is -0.610. The molecule has 0 unspecified atom stereocenters. The van der Waals surface area contributed by atoms with E-state index in [0.29, 0.717) is 6.54 Å². The lowest BCUT2D eigenvalue weighted by Crippen LogP contribution is -2.19. The Kier molecular flexibility index (Phi) is 4.95. The first kappa shape index (κ1) is 14.5. The van der Waals surface area contributed by atoms with Crippen LogP contribution in [-0.2, 0) is 12.0 Å². The van der Waals surface area contributed by atoms with Crippen LogP contribution in [0.15, 0.2) is 0 Å². The SMILES string of the molecule is CCCCN(C)c1nc(C(C)(C)C)c(CN)s1. The molecule has 1 rings (SSSR count). The Balaban J connectivity index is 2.92. The summed E-state index contributed by atoms with van der Waals surface area (Å²) < 4.78 is 0. The summed E-state index contributed by atoms with van der Waals surface area (Å²) in [7, 11) is 2.11. The molecule has 0 aliphatic heterocycles. The van der Waals surface area contributed by atoms with E-state index >= 15 is 0 Å². The van der Waals surface area contributed by atoms with Crippen LogP contribution in [0.4, 0.5) is 5.13 Å². The van der Waals surface area contributed by atoms with Crippen LogP contribution in [0.3, 0.4) is 0 Å². The summed E-state index contributed by atoms with van der Waals surface area (Å²) in [4.78, 5) is 8.23. The zero-order chi connectivity index (χ0) is 13.1. The van der Waals surface area contributed by atoms with Crippen LogP contribution in [0, 0.1) is 0 Å². The molecule has 0 saturated carbocycles. The maximum Gasteiger partial charge on any atom is 0.185 e. The average molecular weight is 255 g/mol. The van der Waals surface area contributed by atoms with Crippen LogP contribution in [0.5, 0.6) is 0 Å². The summed E-state index contributed by atoms with van der Waals surface area (Å²) in [6.45, 7) is 10.4. The second-order valence-corrected chi connectivity index (χ2v) is 6.56. The van der Waals surface area contributed by atoms with E-state index < -0.39 is 0 Å². The largest absolute Gasteiger partial charge is 0.351 e. The Labute approximate surface area is 109 Å². The predicted molar refractivity (Wildman–Crippen MR) is 76.9 cm³/mol. The molecule has 17 heavy (non-hydrogen) atoms. The molecule has 1 aromatic rings. The lowest BCUT2D eigenvalue weighted by Gasteiger charge is -2.18. The third-order valence-electron chi connectivity index (χ3n) is 2.76. The molecule has 0 bridgehead atoms. The molecule has 1 aromatic heterocycles. The first-order chi connectivity index (χ1) is 7.90. The number of anilines is 1. The van der Waals surface area contributed by atoms with Crippen molar-refractivity contribution in [3.05, 3.63) is 10.6 Å². The minimum atomic E-state index is 0.0784. The molecule has 3 nitrogen and oxygen atoms in total. The fourth-order valence-corrected chi connectivity index (χ4v) is 2.85. The zero-order valence-corrected chi connectivity index (χ0v) is 12.5. The van der Waals surface area contributed by atoms with Gasteiger partial charge in [0, 0.05) is 30.4 Å². The number of nitrogens with two attached hydrogens (primary N) is 1. The molecule has 0 aliphatic carbocycles. The van der Waals surface area contributed by atoms with Gasteiger partial charge in [0.2, 0.25) is 0 Å². The minimum absolute atomic E-state index is 0.0784. The Morgan fingerprint density at radius 1 is 1.35 bits per heavy atom. The number of rotatable bonds is 5. The van der Waals surface area contributed by atoms with E-state index in [-0.39, 0.29) is 5.41 Å². The van der Waals surface area contributed by atoms with Gasteiger partial charge in [-0.05, 0) is 6.42 Å². The van der Waals surface area contributed by atoms with Gasteiger partial charge in [0.15, 0.2) is 5.13 Å². The number of hydrogen-bond acceptors (Lipinski definition) is 4. The smallest absolute Gasteiger partial charge is 0.185 e. The predicted octanol–water partition coefficient (Wildman–Crippen LogP) is 3.14. The summed E-state index contributed by atoms with van der Waals surface area (Å²) in [5.41, 5.74) is 7.05. The highest BCUT2D eigenvalue weighted by molar-refractivity contribution is 7.15. The van der Waals surface area contributed by atoms with E-state index in [9.17, 15) is 0 Å². The van der Waals surface area contributed by atoms with Crippen molar-refractivity contribution in [1.29, 1.82) is 0 Å². The van der Waals surface area contributed by atoms with E-state index in [1.807, 2.05) is 0 Å². The van der Waals surface area contributed by atoms with Gasteiger partial charge in [0.05, 0.1) is 5.69 Å².